The number of hydrogen-bond acceptors (Lipinski definition) is 12. The van der Waals surface area contributed by atoms with Gasteiger partial charge in [-0.2, -0.15) is 4.98 Å². The second kappa shape index (κ2) is 12.2. The largest absolute Gasteiger partial charge is 0.494 e. The minimum Gasteiger partial charge on any atom is -0.494 e. The summed E-state index contributed by atoms with van der Waals surface area (Å²) in [6, 6.07) is 6.82. The van der Waals surface area contributed by atoms with Gasteiger partial charge in [0.05, 0.1) is 50.9 Å². The number of rotatable bonds is 9. The van der Waals surface area contributed by atoms with E-state index in [0.717, 1.165) is 13.1 Å². The van der Waals surface area contributed by atoms with E-state index in [4.69, 9.17) is 14.0 Å². The highest BCUT2D eigenvalue weighted by atomic mass is 16.5. The average Bonchev–Trinajstić information content (AvgIpc) is 3.36. The number of anilines is 3. The summed E-state index contributed by atoms with van der Waals surface area (Å²) in [4.78, 5) is 31.5. The fraction of sp³-hybridized carbons (Fsp3) is 0.364. The number of carbonyl (C=O) groups excluding carboxylic acids is 2. The zero-order valence-corrected chi connectivity index (χ0v) is 22.5. The third-order valence-corrected chi connectivity index (χ3v) is 5.57. The monoisotopic (exact) mass is 534 g/mol. The summed E-state index contributed by atoms with van der Waals surface area (Å²) in [5.41, 5.74) is 1.36. The van der Waals surface area contributed by atoms with Gasteiger partial charge in [0, 0.05) is 19.2 Å². The van der Waals surface area contributed by atoms with Crippen LogP contribution in [0.3, 0.4) is 0 Å². The third kappa shape index (κ3) is 7.26. The Bertz CT molecular complexity index is 1330. The van der Waals surface area contributed by atoms with Gasteiger partial charge in [0.1, 0.15) is 23.5 Å². The Morgan fingerprint density at radius 1 is 1.13 bits per heavy atom. The molecule has 1 saturated heterocycles. The molecular formula is C22H29B3N8O6. The molecule has 39 heavy (non-hydrogen) atoms. The van der Waals surface area contributed by atoms with E-state index in [9.17, 15) is 9.59 Å². The van der Waals surface area contributed by atoms with Crippen molar-refractivity contribution in [2.75, 3.05) is 51.2 Å². The number of nitrogens with one attached hydrogen (secondary N) is 3. The molecule has 2 aromatic heterocycles. The summed E-state index contributed by atoms with van der Waals surface area (Å²) in [6.07, 6.45) is -0.730. The lowest BCUT2D eigenvalue weighted by Gasteiger charge is -2.24. The number of morpholine rings is 1. The number of ether oxygens (including phenoxy) is 3. The maximum Gasteiger partial charge on any atom is 0.412 e. The lowest BCUT2D eigenvalue weighted by molar-refractivity contribution is 0.0297. The number of benzene rings is 1. The topological polar surface area (TPSA) is 166 Å². The van der Waals surface area contributed by atoms with Crippen LogP contribution >= 0.6 is 0 Å². The third-order valence-electron chi connectivity index (χ3n) is 5.57. The van der Waals surface area contributed by atoms with E-state index in [0.29, 0.717) is 48.5 Å². The van der Waals surface area contributed by atoms with Gasteiger partial charge in [0.25, 0.3) is 5.91 Å². The van der Waals surface area contributed by atoms with Crippen LogP contribution in [0.2, 0.25) is 0 Å². The number of amides is 2. The number of aromatic nitrogens is 4. The van der Waals surface area contributed by atoms with E-state index >= 15 is 0 Å². The highest BCUT2D eigenvalue weighted by Gasteiger charge is 2.24. The first-order chi connectivity index (χ1) is 18.7. The number of nitrogens with zero attached hydrogens (tertiary/aromatic N) is 5. The Labute approximate surface area is 227 Å². The molecule has 0 spiro atoms. The summed E-state index contributed by atoms with van der Waals surface area (Å²) < 4.78 is 21.2. The van der Waals surface area contributed by atoms with Crippen LogP contribution < -0.4 is 20.7 Å². The Hall–Kier alpha value is -4.11. The van der Waals surface area contributed by atoms with Gasteiger partial charge >= 0.3 is 6.09 Å². The molecule has 4 rings (SSSR count). The maximum absolute atomic E-state index is 13.0. The Morgan fingerprint density at radius 2 is 1.90 bits per heavy atom. The lowest BCUT2D eigenvalue weighted by atomic mass is 9.49. The molecule has 2 amide bonds. The zero-order chi connectivity index (χ0) is 28.0. The second-order valence-corrected chi connectivity index (χ2v) is 9.72. The minimum atomic E-state index is -0.730. The van der Waals surface area contributed by atoms with E-state index in [-0.39, 0.29) is 17.2 Å². The molecular weight excluding hydrogens is 505 g/mol. The first-order valence-electron chi connectivity index (χ1n) is 12.3. The van der Waals surface area contributed by atoms with Crippen molar-refractivity contribution in [3.05, 3.63) is 35.9 Å². The number of hydrogen-bond donors (Lipinski definition) is 3. The highest BCUT2D eigenvalue weighted by molar-refractivity contribution is 6.60. The van der Waals surface area contributed by atoms with E-state index in [1.54, 1.807) is 18.2 Å². The van der Waals surface area contributed by atoms with Gasteiger partial charge < -0.3 is 29.4 Å². The quantitative estimate of drug-likeness (QED) is 0.274. The van der Waals surface area contributed by atoms with Crippen LogP contribution in [0.4, 0.5) is 22.0 Å². The van der Waals surface area contributed by atoms with Crippen LogP contribution in [0, 0.1) is 0 Å². The summed E-state index contributed by atoms with van der Waals surface area (Å²) in [5.74, 6) is 0.870. The van der Waals surface area contributed by atoms with Gasteiger partial charge in [-0.05, 0) is 17.4 Å². The molecule has 3 N–H and O–H groups in total. The fourth-order valence-corrected chi connectivity index (χ4v) is 3.83. The summed E-state index contributed by atoms with van der Waals surface area (Å²) >= 11 is 0. The summed E-state index contributed by atoms with van der Waals surface area (Å²) in [6.45, 7) is 3.43. The van der Waals surface area contributed by atoms with Gasteiger partial charge in [0.15, 0.2) is 17.3 Å². The molecule has 14 nitrogen and oxygen atoms in total. The predicted molar refractivity (Wildman–Crippen MR) is 150 cm³/mol. The number of carbonyl (C=O) groups is 2. The molecule has 1 aromatic carbocycles. The molecule has 0 radical (unpaired) electrons. The van der Waals surface area contributed by atoms with Crippen LogP contribution in [-0.4, -0.2) is 107 Å². The SMILES string of the molecule is BC(B)(B)NC(=O)c1nnc(NC(=O)OC)cc1Nc1cccc(-c2noc(CN3CCOCC3)n2)c1OC. The molecule has 1 aliphatic rings. The van der Waals surface area contributed by atoms with Gasteiger partial charge in [-0.15, -0.1) is 10.2 Å². The van der Waals surface area contributed by atoms with Crippen LogP contribution in [0.5, 0.6) is 5.75 Å². The summed E-state index contributed by atoms with van der Waals surface area (Å²) in [7, 11) is 8.30. The van der Waals surface area contributed by atoms with Crippen molar-refractivity contribution in [3.8, 4) is 17.1 Å². The zero-order valence-electron chi connectivity index (χ0n) is 22.5. The smallest absolute Gasteiger partial charge is 0.412 e. The van der Waals surface area contributed by atoms with Gasteiger partial charge in [-0.3, -0.25) is 15.0 Å². The van der Waals surface area contributed by atoms with Crippen molar-refractivity contribution >= 4 is 52.7 Å². The summed E-state index contributed by atoms with van der Waals surface area (Å²) in [5, 5.41) is 20.1. The standard InChI is InChI=1S/C22H29B3N8O6/c1-36-18-12(19-28-16(39-32-19)11-33-6-8-38-9-7-33)4-3-5-13(18)26-14-10-15(27-21(35)37-2)30-31-17(14)20(34)29-22(23,24)25/h3-5,10H,6-9,11,23-25H2,1-2H3,(H,29,34)(H2,26,27,30,35). The predicted octanol–water partition coefficient (Wildman–Crippen LogP) is -1.47. The van der Waals surface area contributed by atoms with Crippen molar-refractivity contribution < 1.29 is 28.3 Å². The highest BCUT2D eigenvalue weighted by Crippen LogP contribution is 2.37. The maximum atomic E-state index is 13.0. The second-order valence-electron chi connectivity index (χ2n) is 9.72. The fourth-order valence-electron chi connectivity index (χ4n) is 3.83. The van der Waals surface area contributed by atoms with E-state index in [1.807, 2.05) is 23.5 Å². The van der Waals surface area contributed by atoms with E-state index in [1.165, 1.54) is 20.3 Å². The molecule has 0 atom stereocenters. The first-order valence-corrected chi connectivity index (χ1v) is 12.3. The van der Waals surface area contributed by atoms with Crippen LogP contribution in [0.15, 0.2) is 28.8 Å². The van der Waals surface area contributed by atoms with Crippen molar-refractivity contribution in [1.29, 1.82) is 0 Å². The van der Waals surface area contributed by atoms with Crippen molar-refractivity contribution in [3.63, 3.8) is 0 Å². The molecule has 0 bridgehead atoms. The van der Waals surface area contributed by atoms with Gasteiger partial charge in [-0.1, -0.05) is 11.2 Å². The molecule has 1 fully saturated rings. The molecule has 0 unspecified atom stereocenters. The van der Waals surface area contributed by atoms with E-state index < -0.39 is 17.2 Å². The molecule has 1 aliphatic heterocycles. The Kier molecular flexibility index (Phi) is 8.71. The molecule has 3 heterocycles. The molecule has 0 saturated carbocycles. The average molecular weight is 534 g/mol. The van der Waals surface area contributed by atoms with Crippen LogP contribution in [0.25, 0.3) is 11.4 Å². The first kappa shape index (κ1) is 27.9. The van der Waals surface area contributed by atoms with Crippen molar-refractivity contribution in [1.82, 2.24) is 30.6 Å². The Morgan fingerprint density at radius 3 is 2.59 bits per heavy atom. The van der Waals surface area contributed by atoms with Crippen LogP contribution in [-0.2, 0) is 16.0 Å². The normalized spacial score (nSPS) is 13.9. The number of methoxy groups -OCH3 is 2. The Balaban J connectivity index is 1.65. The number of para-hydroxylation sites is 1. The van der Waals surface area contributed by atoms with Crippen LogP contribution in [0.1, 0.15) is 16.4 Å². The molecule has 17 heteroatoms. The molecule has 202 valence electrons. The minimum absolute atomic E-state index is 0.0140. The molecule has 0 aliphatic carbocycles. The van der Waals surface area contributed by atoms with Crippen molar-refractivity contribution in [2.24, 2.45) is 0 Å². The van der Waals surface area contributed by atoms with Gasteiger partial charge in [0.2, 0.25) is 11.7 Å². The molecule has 3 aromatic rings. The van der Waals surface area contributed by atoms with Crippen molar-refractivity contribution in [2.45, 2.75) is 11.8 Å². The van der Waals surface area contributed by atoms with Gasteiger partial charge in [-0.25, -0.2) is 4.79 Å². The lowest BCUT2D eigenvalue weighted by Crippen LogP contribution is -2.50. The van der Waals surface area contributed by atoms with E-state index in [2.05, 4.69) is 45.9 Å².